The number of aromatic nitrogens is 1. The molecule has 0 saturated carbocycles. The summed E-state index contributed by atoms with van der Waals surface area (Å²) in [5, 5.41) is 0. The minimum absolute atomic E-state index is 0.00703. The minimum Gasteiger partial charge on any atom is -0.496 e. The van der Waals surface area contributed by atoms with E-state index in [9.17, 15) is 4.79 Å². The molecule has 1 heterocycles. The largest absolute Gasteiger partial charge is 0.496 e. The van der Waals surface area contributed by atoms with Gasteiger partial charge in [-0.05, 0) is 42.7 Å². The lowest BCUT2D eigenvalue weighted by Gasteiger charge is -2.05. The summed E-state index contributed by atoms with van der Waals surface area (Å²) in [5.74, 6) is 0.963. The first-order valence-corrected chi connectivity index (χ1v) is 12.0. The SMILES string of the molecule is C=C/C(=C\CC)C(=O)c1cccc(-c2cccnc2)c1.CC.CCC.COc1ccccc1C. The number of rotatable bonds is 6. The van der Waals surface area contributed by atoms with E-state index in [1.165, 1.54) is 12.0 Å². The number of para-hydroxylation sites is 1. The van der Waals surface area contributed by atoms with Crippen LogP contribution in [-0.4, -0.2) is 17.9 Å². The van der Waals surface area contributed by atoms with Crippen molar-refractivity contribution < 1.29 is 9.53 Å². The van der Waals surface area contributed by atoms with Crippen molar-refractivity contribution in [3.63, 3.8) is 0 Å². The topological polar surface area (TPSA) is 39.2 Å². The molecule has 0 N–H and O–H groups in total. The fraction of sp³-hybridized carbons (Fsp3) is 0.290. The highest BCUT2D eigenvalue weighted by Gasteiger charge is 2.10. The summed E-state index contributed by atoms with van der Waals surface area (Å²) in [6.45, 7) is 16.0. The molecule has 3 nitrogen and oxygen atoms in total. The molecule has 3 heteroatoms. The normalized spacial score (nSPS) is 9.68. The van der Waals surface area contributed by atoms with Gasteiger partial charge >= 0.3 is 0 Å². The van der Waals surface area contributed by atoms with Gasteiger partial charge < -0.3 is 4.74 Å². The highest BCUT2D eigenvalue weighted by atomic mass is 16.5. The average molecular weight is 460 g/mol. The lowest BCUT2D eigenvalue weighted by atomic mass is 9.98. The van der Waals surface area contributed by atoms with Crippen LogP contribution in [0.25, 0.3) is 11.1 Å². The summed E-state index contributed by atoms with van der Waals surface area (Å²) < 4.78 is 5.04. The Hall–Kier alpha value is -3.46. The first-order chi connectivity index (χ1) is 16.5. The van der Waals surface area contributed by atoms with Gasteiger partial charge in [0.15, 0.2) is 5.78 Å². The van der Waals surface area contributed by atoms with E-state index in [1.54, 1.807) is 25.6 Å². The van der Waals surface area contributed by atoms with Crippen molar-refractivity contribution >= 4 is 5.78 Å². The summed E-state index contributed by atoms with van der Waals surface area (Å²) in [4.78, 5) is 16.5. The zero-order chi connectivity index (χ0) is 25.8. The zero-order valence-corrected chi connectivity index (χ0v) is 22.0. The molecule has 0 bridgehead atoms. The summed E-state index contributed by atoms with van der Waals surface area (Å²) in [7, 11) is 1.68. The molecule has 1 aromatic heterocycles. The Morgan fingerprint density at radius 2 is 1.62 bits per heavy atom. The summed E-state index contributed by atoms with van der Waals surface area (Å²) in [6.07, 6.45) is 9.10. The van der Waals surface area contributed by atoms with Gasteiger partial charge in [0.25, 0.3) is 0 Å². The number of pyridine rings is 1. The summed E-state index contributed by atoms with van der Waals surface area (Å²) >= 11 is 0. The Morgan fingerprint density at radius 1 is 0.971 bits per heavy atom. The molecule has 182 valence electrons. The molecule has 34 heavy (non-hydrogen) atoms. The van der Waals surface area contributed by atoms with Crippen LogP contribution in [0.5, 0.6) is 5.75 Å². The van der Waals surface area contributed by atoms with Crippen LogP contribution in [-0.2, 0) is 0 Å². The van der Waals surface area contributed by atoms with E-state index in [0.717, 1.165) is 23.3 Å². The number of ether oxygens (including phenoxy) is 1. The van der Waals surface area contributed by atoms with Crippen molar-refractivity contribution in [1.82, 2.24) is 4.98 Å². The molecule has 0 aliphatic rings. The van der Waals surface area contributed by atoms with Crippen LogP contribution in [0.2, 0.25) is 0 Å². The minimum atomic E-state index is 0.00703. The second kappa shape index (κ2) is 19.0. The quantitative estimate of drug-likeness (QED) is 0.210. The lowest BCUT2D eigenvalue weighted by molar-refractivity contribution is 0.103. The van der Waals surface area contributed by atoms with Crippen molar-refractivity contribution in [1.29, 1.82) is 0 Å². The van der Waals surface area contributed by atoms with Crippen LogP contribution in [0.1, 0.15) is 63.4 Å². The molecule has 0 spiro atoms. The van der Waals surface area contributed by atoms with Gasteiger partial charge in [-0.15, -0.1) is 0 Å². The number of Topliss-reactive ketones (excluding diaryl/α,β-unsaturated/α-hetero) is 1. The molecule has 3 aromatic rings. The van der Waals surface area contributed by atoms with Gasteiger partial charge in [0.2, 0.25) is 0 Å². The molecule has 0 aliphatic heterocycles. The van der Waals surface area contributed by atoms with Gasteiger partial charge in [-0.2, -0.15) is 0 Å². The number of carbonyl (C=O) groups is 1. The van der Waals surface area contributed by atoms with Crippen LogP contribution in [0, 0.1) is 6.92 Å². The van der Waals surface area contributed by atoms with Crippen molar-refractivity contribution in [2.24, 2.45) is 0 Å². The molecule has 0 fully saturated rings. The molecular weight excluding hydrogens is 418 g/mol. The monoisotopic (exact) mass is 459 g/mol. The summed E-state index contributed by atoms with van der Waals surface area (Å²) in [5.41, 5.74) is 4.49. The number of allylic oxidation sites excluding steroid dienone is 3. The molecular formula is C31H41NO2. The zero-order valence-electron chi connectivity index (χ0n) is 22.0. The Labute approximate surface area is 207 Å². The maximum absolute atomic E-state index is 12.4. The number of hydrogen-bond acceptors (Lipinski definition) is 3. The van der Waals surface area contributed by atoms with Crippen LogP contribution >= 0.6 is 0 Å². The number of nitrogens with zero attached hydrogens (tertiary/aromatic N) is 1. The van der Waals surface area contributed by atoms with Crippen LogP contribution < -0.4 is 4.74 Å². The molecule has 2 aromatic carbocycles. The number of aryl methyl sites for hydroxylation is 1. The number of hydrogen-bond donors (Lipinski definition) is 0. The lowest BCUT2D eigenvalue weighted by Crippen LogP contribution is -2.01. The Balaban J connectivity index is 0.000000645. The van der Waals surface area contributed by atoms with Gasteiger partial charge in [-0.1, -0.05) is 102 Å². The molecule has 0 atom stereocenters. The van der Waals surface area contributed by atoms with E-state index in [0.29, 0.717) is 11.1 Å². The third-order valence-corrected chi connectivity index (χ3v) is 4.34. The van der Waals surface area contributed by atoms with E-state index in [1.807, 2.05) is 94.4 Å². The second-order valence-corrected chi connectivity index (χ2v) is 7.10. The van der Waals surface area contributed by atoms with E-state index >= 15 is 0 Å². The van der Waals surface area contributed by atoms with Crippen LogP contribution in [0.4, 0.5) is 0 Å². The molecule has 0 unspecified atom stereocenters. The van der Waals surface area contributed by atoms with E-state index in [4.69, 9.17) is 4.74 Å². The van der Waals surface area contributed by atoms with E-state index < -0.39 is 0 Å². The Kier molecular flexibility index (Phi) is 17.1. The highest BCUT2D eigenvalue weighted by molar-refractivity contribution is 6.10. The van der Waals surface area contributed by atoms with Crippen molar-refractivity contribution in [3.8, 4) is 16.9 Å². The molecule has 0 saturated heterocycles. The van der Waals surface area contributed by atoms with Gasteiger partial charge in [0, 0.05) is 29.1 Å². The number of benzene rings is 2. The standard InChI is InChI=1S/C18H17NO.C8H10O.C3H8.C2H6/c1-3-7-14(4-2)18(20)16-9-5-8-15(12-16)17-10-6-11-19-13-17;1-7-5-3-4-6-8(7)9-2;1-3-2;1-2/h4-13H,2-3H2,1H3;3-6H,1-2H3;3H2,1-2H3;1-2H3/b14-7+;;;. The van der Waals surface area contributed by atoms with Crippen LogP contribution in [0.3, 0.4) is 0 Å². The average Bonchev–Trinajstić information content (AvgIpc) is 2.90. The van der Waals surface area contributed by atoms with E-state index in [2.05, 4.69) is 25.4 Å². The Bertz CT molecular complexity index is 991. The molecule has 0 amide bonds. The first-order valence-electron chi connectivity index (χ1n) is 12.0. The highest BCUT2D eigenvalue weighted by Crippen LogP contribution is 2.21. The molecule has 0 radical (unpaired) electrons. The fourth-order valence-corrected chi connectivity index (χ4v) is 2.81. The van der Waals surface area contributed by atoms with Crippen molar-refractivity contribution in [2.75, 3.05) is 7.11 Å². The van der Waals surface area contributed by atoms with E-state index in [-0.39, 0.29) is 5.78 Å². The van der Waals surface area contributed by atoms with Crippen molar-refractivity contribution in [2.45, 2.75) is 54.4 Å². The smallest absolute Gasteiger partial charge is 0.192 e. The van der Waals surface area contributed by atoms with Crippen molar-refractivity contribution in [3.05, 3.63) is 108 Å². The second-order valence-electron chi connectivity index (χ2n) is 7.10. The maximum atomic E-state index is 12.4. The number of methoxy groups -OCH3 is 1. The Morgan fingerprint density at radius 3 is 2.12 bits per heavy atom. The van der Waals surface area contributed by atoms with Gasteiger partial charge in [0.05, 0.1) is 7.11 Å². The first kappa shape index (κ1) is 30.5. The van der Waals surface area contributed by atoms with Gasteiger partial charge in [0.1, 0.15) is 5.75 Å². The van der Waals surface area contributed by atoms with Crippen LogP contribution in [0.15, 0.2) is 97.4 Å². The third kappa shape index (κ3) is 10.9. The molecule has 0 aliphatic carbocycles. The van der Waals surface area contributed by atoms with Gasteiger partial charge in [-0.25, -0.2) is 0 Å². The fourth-order valence-electron chi connectivity index (χ4n) is 2.81. The van der Waals surface area contributed by atoms with Gasteiger partial charge in [-0.3, -0.25) is 9.78 Å². The number of carbonyl (C=O) groups excluding carboxylic acids is 1. The predicted molar refractivity (Wildman–Crippen MR) is 148 cm³/mol. The molecule has 3 rings (SSSR count). The summed E-state index contributed by atoms with van der Waals surface area (Å²) in [6, 6.07) is 19.4. The predicted octanol–water partition coefficient (Wildman–Crippen LogP) is 8.90. The third-order valence-electron chi connectivity index (χ3n) is 4.34. The number of ketones is 1. The maximum Gasteiger partial charge on any atom is 0.192 e.